The molecule has 52 valence electrons. The molecule has 0 saturated heterocycles. The van der Waals surface area contributed by atoms with E-state index < -0.39 is 0 Å². The summed E-state index contributed by atoms with van der Waals surface area (Å²) in [4.78, 5) is 4.05. The molecule has 0 aliphatic heterocycles. The van der Waals surface area contributed by atoms with Crippen LogP contribution in [0, 0.1) is 0 Å². The first kappa shape index (κ1) is 9.20. The Kier molecular flexibility index (Phi) is 2.92. The van der Waals surface area contributed by atoms with Gasteiger partial charge < -0.3 is 9.80 Å². The van der Waals surface area contributed by atoms with Gasteiger partial charge in [-0.1, -0.05) is 0 Å². The molecule has 0 N–H and O–H groups in total. The van der Waals surface area contributed by atoms with E-state index in [4.69, 9.17) is 7.85 Å². The van der Waals surface area contributed by atoms with Crippen molar-refractivity contribution >= 4 is 18.1 Å². The number of nitrogens with zero attached hydrogens (tertiary/aromatic N) is 2. The molecule has 0 aromatic carbocycles. The Bertz CT molecular complexity index is 83.0. The number of hydrogen-bond acceptors (Lipinski definition) is 2. The van der Waals surface area contributed by atoms with Crippen molar-refractivity contribution in [2.75, 3.05) is 28.2 Å². The molecule has 2 radical (unpaired) electrons. The minimum Gasteiger partial charge on any atom is -0.303 e. The minimum absolute atomic E-state index is 0.194. The van der Waals surface area contributed by atoms with E-state index >= 15 is 0 Å². The summed E-state index contributed by atoms with van der Waals surface area (Å²) < 4.78 is 0. The van der Waals surface area contributed by atoms with Gasteiger partial charge in [-0.2, -0.15) is 0 Å². The lowest BCUT2D eigenvalue weighted by atomic mass is 10.0. The highest BCUT2D eigenvalue weighted by Gasteiger charge is 2.20. The molecule has 0 spiro atoms. The summed E-state index contributed by atoms with van der Waals surface area (Å²) in [5.41, 5.74) is 0. The van der Waals surface area contributed by atoms with Crippen molar-refractivity contribution in [3.8, 4) is 0 Å². The molecule has 2 nitrogen and oxygen atoms in total. The van der Waals surface area contributed by atoms with Gasteiger partial charge >= 0.3 is 0 Å². The molecule has 0 aromatic heterocycles. The Morgan fingerprint density at radius 2 is 1.33 bits per heavy atom. The van der Waals surface area contributed by atoms with Crippen LogP contribution in [-0.2, 0) is 0 Å². The molecule has 0 rings (SSSR count). The fourth-order valence-corrected chi connectivity index (χ4v) is 0.400. The molecule has 0 aliphatic carbocycles. The highest BCUT2D eigenvalue weighted by Crippen LogP contribution is 2.02. The Hall–Kier alpha value is 0.202. The first-order valence-electron chi connectivity index (χ1n) is 3.02. The Morgan fingerprint density at radius 1 is 1.11 bits per heavy atom. The molecule has 0 aromatic rings. The highest BCUT2D eigenvalue weighted by atomic mass is 28.1. The zero-order valence-electron chi connectivity index (χ0n) is 6.97. The van der Waals surface area contributed by atoms with E-state index in [1.165, 1.54) is 0 Å². The molecule has 0 amide bonds. The van der Waals surface area contributed by atoms with Crippen LogP contribution in [0.5, 0.6) is 0 Å². The summed E-state index contributed by atoms with van der Waals surface area (Å²) in [6.07, 6.45) is 0. The molecule has 0 atom stereocenters. The quantitative estimate of drug-likeness (QED) is 0.333. The van der Waals surface area contributed by atoms with Crippen molar-refractivity contribution in [3.63, 3.8) is 0 Å². The third-order valence-corrected chi connectivity index (χ3v) is 3.60. The van der Waals surface area contributed by atoms with Crippen molar-refractivity contribution in [2.45, 2.75) is 5.19 Å². The second-order valence-corrected chi connectivity index (χ2v) is 4.35. The van der Waals surface area contributed by atoms with Gasteiger partial charge in [0.15, 0.2) is 0 Å². The van der Waals surface area contributed by atoms with Crippen LogP contribution in [0.25, 0.3) is 0 Å². The molecule has 9 heavy (non-hydrogen) atoms. The Morgan fingerprint density at radius 3 is 1.33 bits per heavy atom. The fourth-order valence-electron chi connectivity index (χ4n) is 0.400. The van der Waals surface area contributed by atoms with Crippen LogP contribution in [0.2, 0.25) is 0 Å². The maximum absolute atomic E-state index is 5.92. The molecule has 0 saturated carbocycles. The van der Waals surface area contributed by atoms with Crippen LogP contribution in [0.3, 0.4) is 0 Å². The van der Waals surface area contributed by atoms with Gasteiger partial charge in [-0.15, -0.1) is 0 Å². The standard InChI is InChI=1S/C5H15BN2Si/c1-7(2)5(6,9)8(3)4/h1-4,9H3. The zero-order chi connectivity index (χ0) is 7.65. The Balaban J connectivity index is 4.01. The van der Waals surface area contributed by atoms with Gasteiger partial charge in [0.05, 0.1) is 0 Å². The molecular weight excluding hydrogens is 127 g/mol. The third-order valence-electron chi connectivity index (χ3n) is 1.81. The molecule has 0 fully saturated rings. The van der Waals surface area contributed by atoms with Crippen molar-refractivity contribution in [1.29, 1.82) is 0 Å². The lowest BCUT2D eigenvalue weighted by Gasteiger charge is -2.39. The van der Waals surface area contributed by atoms with Crippen molar-refractivity contribution < 1.29 is 0 Å². The molecular formula is C5H15BN2Si. The van der Waals surface area contributed by atoms with Gasteiger partial charge in [-0.05, 0) is 28.2 Å². The van der Waals surface area contributed by atoms with Gasteiger partial charge in [0.25, 0.3) is 0 Å². The zero-order valence-corrected chi connectivity index (χ0v) is 8.97. The van der Waals surface area contributed by atoms with E-state index in [1.807, 2.05) is 38.0 Å². The van der Waals surface area contributed by atoms with E-state index in [2.05, 4.69) is 0 Å². The predicted octanol–water partition coefficient (Wildman–Crippen LogP) is -1.75. The van der Waals surface area contributed by atoms with E-state index in [0.29, 0.717) is 0 Å². The number of rotatable bonds is 2. The minimum atomic E-state index is -0.194. The molecule has 4 heteroatoms. The van der Waals surface area contributed by atoms with Gasteiger partial charge in [0.2, 0.25) is 0 Å². The van der Waals surface area contributed by atoms with Crippen LogP contribution in [-0.4, -0.2) is 61.3 Å². The van der Waals surface area contributed by atoms with Crippen molar-refractivity contribution in [1.82, 2.24) is 9.80 Å². The summed E-state index contributed by atoms with van der Waals surface area (Å²) in [6, 6.07) is 0. The van der Waals surface area contributed by atoms with E-state index in [1.54, 1.807) is 0 Å². The van der Waals surface area contributed by atoms with Gasteiger partial charge in [0, 0.05) is 15.4 Å². The third kappa shape index (κ3) is 2.12. The number of hydrogen-bond donors (Lipinski definition) is 0. The van der Waals surface area contributed by atoms with Gasteiger partial charge in [-0.25, -0.2) is 0 Å². The molecule has 0 bridgehead atoms. The van der Waals surface area contributed by atoms with E-state index in [-0.39, 0.29) is 5.19 Å². The van der Waals surface area contributed by atoms with Crippen LogP contribution >= 0.6 is 0 Å². The molecule has 0 heterocycles. The van der Waals surface area contributed by atoms with Crippen LogP contribution in [0.4, 0.5) is 0 Å². The predicted molar refractivity (Wildman–Crippen MR) is 45.8 cm³/mol. The molecule has 0 aliphatic rings. The van der Waals surface area contributed by atoms with Crippen LogP contribution < -0.4 is 0 Å². The van der Waals surface area contributed by atoms with Crippen molar-refractivity contribution in [3.05, 3.63) is 0 Å². The summed E-state index contributed by atoms with van der Waals surface area (Å²) >= 11 is 0. The smallest absolute Gasteiger partial charge is 0.111 e. The largest absolute Gasteiger partial charge is 0.303 e. The SMILES string of the molecule is [B]C([SiH3])(N(C)C)N(C)C. The summed E-state index contributed by atoms with van der Waals surface area (Å²) in [5, 5.41) is -0.194. The van der Waals surface area contributed by atoms with E-state index in [0.717, 1.165) is 10.2 Å². The second-order valence-electron chi connectivity index (χ2n) is 2.88. The average molecular weight is 142 g/mol. The van der Waals surface area contributed by atoms with Crippen LogP contribution in [0.1, 0.15) is 0 Å². The molecule has 0 unspecified atom stereocenters. The second kappa shape index (κ2) is 2.86. The maximum Gasteiger partial charge on any atom is 0.111 e. The summed E-state index contributed by atoms with van der Waals surface area (Å²) in [5.74, 6) is 0. The highest BCUT2D eigenvalue weighted by molar-refractivity contribution is 6.39. The Labute approximate surface area is 62.0 Å². The van der Waals surface area contributed by atoms with Crippen molar-refractivity contribution in [2.24, 2.45) is 0 Å². The topological polar surface area (TPSA) is 6.48 Å². The average Bonchev–Trinajstić information content (AvgIpc) is 1.65. The maximum atomic E-state index is 5.92. The first-order chi connectivity index (χ1) is 3.89. The monoisotopic (exact) mass is 142 g/mol. The fraction of sp³-hybridized carbons (Fsp3) is 1.00. The summed E-state index contributed by atoms with van der Waals surface area (Å²) in [6.45, 7) is 0. The summed E-state index contributed by atoms with van der Waals surface area (Å²) in [7, 11) is 14.8. The van der Waals surface area contributed by atoms with E-state index in [9.17, 15) is 0 Å². The van der Waals surface area contributed by atoms with Crippen LogP contribution in [0.15, 0.2) is 0 Å². The normalized spacial score (nSPS) is 13.6. The van der Waals surface area contributed by atoms with Gasteiger partial charge in [0.1, 0.15) is 7.85 Å². The lowest BCUT2D eigenvalue weighted by molar-refractivity contribution is 0.163. The first-order valence-corrected chi connectivity index (χ1v) is 4.02. The lowest BCUT2D eigenvalue weighted by Crippen LogP contribution is -2.56. The van der Waals surface area contributed by atoms with Gasteiger partial charge in [-0.3, -0.25) is 0 Å².